The van der Waals surface area contributed by atoms with E-state index in [0.29, 0.717) is 13.0 Å². The Bertz CT molecular complexity index is 1070. The first-order chi connectivity index (χ1) is 29.9. The molecule has 0 saturated carbocycles. The third-order valence-corrected chi connectivity index (χ3v) is 11.5. The molecule has 1 saturated heterocycles. The summed E-state index contributed by atoms with van der Waals surface area (Å²) in [7, 11) is 0. The summed E-state index contributed by atoms with van der Waals surface area (Å²) in [5.74, 6) is -0.314. The van der Waals surface area contributed by atoms with Crippen LogP contribution in [0.25, 0.3) is 0 Å². The molecular formula is C52H94O9. The fourth-order valence-corrected chi connectivity index (χ4v) is 7.60. The predicted molar refractivity (Wildman–Crippen MR) is 251 cm³/mol. The van der Waals surface area contributed by atoms with E-state index >= 15 is 0 Å². The fraction of sp³-hybridized carbons (Fsp3) is 0.827. The van der Waals surface area contributed by atoms with Crippen LogP contribution >= 0.6 is 0 Å². The van der Waals surface area contributed by atoms with E-state index in [1.54, 1.807) is 0 Å². The summed E-state index contributed by atoms with van der Waals surface area (Å²) in [6, 6.07) is 0. The van der Waals surface area contributed by atoms with Crippen LogP contribution in [0.2, 0.25) is 0 Å². The number of allylic oxidation sites excluding steroid dienone is 8. The maximum atomic E-state index is 12.8. The lowest BCUT2D eigenvalue weighted by atomic mass is 9.99. The number of aliphatic hydroxyl groups is 4. The average molecular weight is 863 g/mol. The lowest BCUT2D eigenvalue weighted by Gasteiger charge is -2.39. The van der Waals surface area contributed by atoms with Crippen molar-refractivity contribution in [3.63, 3.8) is 0 Å². The van der Waals surface area contributed by atoms with Crippen molar-refractivity contribution in [1.82, 2.24) is 0 Å². The van der Waals surface area contributed by atoms with Gasteiger partial charge in [0.1, 0.15) is 30.5 Å². The van der Waals surface area contributed by atoms with Gasteiger partial charge in [0, 0.05) is 13.0 Å². The van der Waals surface area contributed by atoms with Crippen LogP contribution < -0.4 is 0 Å². The standard InChI is InChI=1S/C52H94O9/c1-3-5-7-9-11-13-15-17-18-19-20-21-22-23-24-25-26-27-28-29-31-33-35-37-39-41-48(54)60-46(45-59-52-51(57)50(56)49(55)47(43-53)61-52)44-58-42-40-38-36-34-32-30-16-14-12-10-8-6-4-2/h5,7,11,13,17-18,20-21,46-47,49-53,55-57H,3-4,6,8-10,12,14-16,19,22-45H2,1-2H3/b7-5-,13-11-,18-17-,21-20-. The molecule has 0 radical (unpaired) electrons. The molecule has 1 heterocycles. The smallest absolute Gasteiger partial charge is 0.306 e. The van der Waals surface area contributed by atoms with E-state index in [1.807, 2.05) is 0 Å². The molecule has 9 heteroatoms. The van der Waals surface area contributed by atoms with Gasteiger partial charge in [0.2, 0.25) is 0 Å². The van der Waals surface area contributed by atoms with Gasteiger partial charge in [-0.3, -0.25) is 4.79 Å². The van der Waals surface area contributed by atoms with E-state index in [0.717, 1.165) is 57.8 Å². The van der Waals surface area contributed by atoms with E-state index in [-0.39, 0.29) is 19.2 Å². The van der Waals surface area contributed by atoms with Crippen molar-refractivity contribution in [3.05, 3.63) is 48.6 Å². The fourth-order valence-electron chi connectivity index (χ4n) is 7.60. The highest BCUT2D eigenvalue weighted by molar-refractivity contribution is 5.69. The van der Waals surface area contributed by atoms with Gasteiger partial charge in [-0.25, -0.2) is 0 Å². The van der Waals surface area contributed by atoms with Gasteiger partial charge in [-0.15, -0.1) is 0 Å². The van der Waals surface area contributed by atoms with Crippen molar-refractivity contribution in [3.8, 4) is 0 Å². The second-order valence-corrected chi connectivity index (χ2v) is 17.2. The molecule has 0 spiro atoms. The maximum Gasteiger partial charge on any atom is 0.306 e. The molecule has 6 atom stereocenters. The summed E-state index contributed by atoms with van der Waals surface area (Å²) in [5, 5.41) is 40.2. The van der Waals surface area contributed by atoms with E-state index in [2.05, 4.69) is 62.5 Å². The van der Waals surface area contributed by atoms with Crippen LogP contribution in [0.3, 0.4) is 0 Å². The van der Waals surface area contributed by atoms with Gasteiger partial charge in [0.05, 0.1) is 19.8 Å². The molecule has 0 aliphatic carbocycles. The number of esters is 1. The Labute approximate surface area is 373 Å². The number of hydrogen-bond acceptors (Lipinski definition) is 9. The SMILES string of the molecule is CC/C=C\C/C=C\C/C=C\C/C=C\CCCCCCCCCCCCCCC(=O)OC(COCCCCCCCCCCCCCCC)COC1OC(CO)C(O)C(O)C1O. The highest BCUT2D eigenvalue weighted by Gasteiger charge is 2.44. The summed E-state index contributed by atoms with van der Waals surface area (Å²) in [6.45, 7) is 4.47. The summed E-state index contributed by atoms with van der Waals surface area (Å²) >= 11 is 0. The van der Waals surface area contributed by atoms with Gasteiger partial charge in [-0.05, 0) is 51.4 Å². The normalized spacial score (nSPS) is 20.3. The number of unbranched alkanes of at least 4 members (excludes halogenated alkanes) is 24. The van der Waals surface area contributed by atoms with Crippen LogP contribution in [0.1, 0.15) is 213 Å². The Morgan fingerprint density at radius 1 is 0.541 bits per heavy atom. The molecule has 61 heavy (non-hydrogen) atoms. The Morgan fingerprint density at radius 2 is 1.00 bits per heavy atom. The molecule has 1 rings (SSSR count). The molecule has 0 amide bonds. The third-order valence-electron chi connectivity index (χ3n) is 11.5. The molecule has 356 valence electrons. The maximum absolute atomic E-state index is 12.8. The first-order valence-electron chi connectivity index (χ1n) is 25.2. The topological polar surface area (TPSA) is 135 Å². The van der Waals surface area contributed by atoms with Crippen LogP contribution in [0.5, 0.6) is 0 Å². The van der Waals surface area contributed by atoms with E-state index in [1.165, 1.54) is 135 Å². The molecule has 4 N–H and O–H groups in total. The zero-order chi connectivity index (χ0) is 44.3. The molecule has 9 nitrogen and oxygen atoms in total. The van der Waals surface area contributed by atoms with Crippen LogP contribution in [-0.2, 0) is 23.7 Å². The monoisotopic (exact) mass is 863 g/mol. The van der Waals surface area contributed by atoms with Crippen molar-refractivity contribution in [2.24, 2.45) is 0 Å². The van der Waals surface area contributed by atoms with E-state index in [4.69, 9.17) is 18.9 Å². The second kappa shape index (κ2) is 43.4. The minimum absolute atomic E-state index is 0.112. The van der Waals surface area contributed by atoms with Gasteiger partial charge in [0.25, 0.3) is 0 Å². The predicted octanol–water partition coefficient (Wildman–Crippen LogP) is 12.1. The van der Waals surface area contributed by atoms with Crippen LogP contribution in [0.4, 0.5) is 0 Å². The molecule has 1 fully saturated rings. The third kappa shape index (κ3) is 34.3. The summed E-state index contributed by atoms with van der Waals surface area (Å²) < 4.78 is 22.9. The number of carbonyl (C=O) groups is 1. The van der Waals surface area contributed by atoms with Crippen molar-refractivity contribution < 1.29 is 44.2 Å². The molecule has 0 aromatic carbocycles. The molecule has 0 aromatic heterocycles. The zero-order valence-corrected chi connectivity index (χ0v) is 39.2. The Morgan fingerprint density at radius 3 is 1.51 bits per heavy atom. The first kappa shape index (κ1) is 57.2. The van der Waals surface area contributed by atoms with E-state index < -0.39 is 43.4 Å². The minimum Gasteiger partial charge on any atom is -0.457 e. The van der Waals surface area contributed by atoms with Crippen LogP contribution in [0.15, 0.2) is 48.6 Å². The summed E-state index contributed by atoms with van der Waals surface area (Å²) in [5.41, 5.74) is 0. The molecular weight excluding hydrogens is 769 g/mol. The Kier molecular flexibility index (Phi) is 40.7. The molecule has 1 aliphatic rings. The average Bonchev–Trinajstić information content (AvgIpc) is 3.26. The second-order valence-electron chi connectivity index (χ2n) is 17.2. The van der Waals surface area contributed by atoms with Crippen molar-refractivity contribution in [2.75, 3.05) is 26.4 Å². The number of ether oxygens (including phenoxy) is 4. The van der Waals surface area contributed by atoms with Gasteiger partial charge in [-0.2, -0.15) is 0 Å². The zero-order valence-electron chi connectivity index (χ0n) is 39.2. The number of hydrogen-bond donors (Lipinski definition) is 4. The largest absolute Gasteiger partial charge is 0.457 e. The van der Waals surface area contributed by atoms with Gasteiger partial charge >= 0.3 is 5.97 Å². The van der Waals surface area contributed by atoms with Crippen molar-refractivity contribution >= 4 is 5.97 Å². The molecule has 1 aliphatic heterocycles. The number of aliphatic hydroxyl groups excluding tert-OH is 4. The summed E-state index contributed by atoms with van der Waals surface area (Å²) in [4.78, 5) is 12.8. The summed E-state index contributed by atoms with van der Waals surface area (Å²) in [6.07, 6.45) is 47.1. The quantitative estimate of drug-likeness (QED) is 0.0268. The highest BCUT2D eigenvalue weighted by Crippen LogP contribution is 2.23. The lowest BCUT2D eigenvalue weighted by molar-refractivity contribution is -0.305. The Balaban J connectivity index is 2.17. The van der Waals surface area contributed by atoms with Gasteiger partial charge in [-0.1, -0.05) is 204 Å². The molecule has 0 bridgehead atoms. The van der Waals surface area contributed by atoms with E-state index in [9.17, 15) is 25.2 Å². The number of rotatable bonds is 43. The van der Waals surface area contributed by atoms with Crippen LogP contribution in [-0.4, -0.2) is 89.6 Å². The minimum atomic E-state index is -1.54. The van der Waals surface area contributed by atoms with Crippen molar-refractivity contribution in [1.29, 1.82) is 0 Å². The van der Waals surface area contributed by atoms with Gasteiger partial charge in [0.15, 0.2) is 6.29 Å². The molecule has 0 aromatic rings. The highest BCUT2D eigenvalue weighted by atomic mass is 16.7. The van der Waals surface area contributed by atoms with Crippen molar-refractivity contribution in [2.45, 2.75) is 250 Å². The van der Waals surface area contributed by atoms with Gasteiger partial charge < -0.3 is 39.4 Å². The van der Waals surface area contributed by atoms with Crippen LogP contribution in [0, 0.1) is 0 Å². The Hall–Kier alpha value is -1.85. The number of carbonyl (C=O) groups excluding carboxylic acids is 1. The lowest BCUT2D eigenvalue weighted by Crippen LogP contribution is -2.59. The molecule has 6 unspecified atom stereocenters. The first-order valence-corrected chi connectivity index (χ1v) is 25.2.